The van der Waals surface area contributed by atoms with E-state index >= 15 is 0 Å². The number of hydrogen-bond donors (Lipinski definition) is 0. The lowest BCUT2D eigenvalue weighted by Gasteiger charge is -2.29. The van der Waals surface area contributed by atoms with E-state index in [0.717, 1.165) is 17.5 Å². The van der Waals surface area contributed by atoms with Crippen LogP contribution in [0.1, 0.15) is 54.9 Å². The van der Waals surface area contributed by atoms with Crippen LogP contribution in [0.25, 0.3) is 16.7 Å². The highest BCUT2D eigenvalue weighted by atomic mass is 35.5. The van der Waals surface area contributed by atoms with Crippen LogP contribution in [0.2, 0.25) is 5.28 Å². The molecule has 1 aliphatic carbocycles. The summed E-state index contributed by atoms with van der Waals surface area (Å²) in [4.78, 5) is 4.44. The van der Waals surface area contributed by atoms with E-state index in [1.54, 1.807) is 0 Å². The van der Waals surface area contributed by atoms with Crippen LogP contribution in [-0.2, 0) is 0 Å². The van der Waals surface area contributed by atoms with Crippen LogP contribution in [0.15, 0.2) is 30.3 Å². The number of rotatable bonds is 1. The molecule has 0 saturated carbocycles. The number of allylic oxidation sites excluding steroid dienone is 2. The van der Waals surface area contributed by atoms with Crippen molar-refractivity contribution in [2.45, 2.75) is 54.9 Å². The summed E-state index contributed by atoms with van der Waals surface area (Å²) < 4.78 is 2.10. The molecule has 3 rings (SSSR count). The summed E-state index contributed by atoms with van der Waals surface area (Å²) in [5.74, 6) is 0.629. The van der Waals surface area contributed by atoms with E-state index < -0.39 is 0 Å². The second kappa shape index (κ2) is 7.82. The van der Waals surface area contributed by atoms with E-state index in [4.69, 9.17) is 11.6 Å². The van der Waals surface area contributed by atoms with Gasteiger partial charge in [-0.1, -0.05) is 66.7 Å². The number of halogens is 1. The van der Waals surface area contributed by atoms with Gasteiger partial charge in [-0.25, -0.2) is 4.98 Å². The smallest absolute Gasteiger partial charge is 0.208 e. The molecule has 2 aromatic rings. The van der Waals surface area contributed by atoms with Crippen molar-refractivity contribution >= 4 is 28.3 Å². The van der Waals surface area contributed by atoms with Gasteiger partial charge in [0.1, 0.15) is 0 Å². The van der Waals surface area contributed by atoms with E-state index in [1.807, 2.05) is 45.9 Å². The van der Waals surface area contributed by atoms with Gasteiger partial charge in [-0.15, -0.1) is 0 Å². The third-order valence-corrected chi connectivity index (χ3v) is 4.57. The van der Waals surface area contributed by atoms with Gasteiger partial charge in [0.15, 0.2) is 0 Å². The first-order valence-corrected chi connectivity index (χ1v) is 8.73. The van der Waals surface area contributed by atoms with Crippen LogP contribution < -0.4 is 0 Å². The lowest BCUT2D eigenvalue weighted by Crippen LogP contribution is -2.21. The van der Waals surface area contributed by atoms with E-state index in [2.05, 4.69) is 42.5 Å². The maximum absolute atomic E-state index is 6.33. The van der Waals surface area contributed by atoms with E-state index in [-0.39, 0.29) is 5.41 Å². The molecule has 0 amide bonds. The Balaban J connectivity index is 0.000000561. The predicted octanol–water partition coefficient (Wildman–Crippen LogP) is 6.65. The molecular weight excluding hydrogens is 292 g/mol. The topological polar surface area (TPSA) is 17.8 Å². The van der Waals surface area contributed by atoms with E-state index in [1.165, 1.54) is 5.70 Å². The first-order chi connectivity index (χ1) is 10.5. The Morgan fingerprint density at radius 3 is 2.27 bits per heavy atom. The molecule has 1 aromatic heterocycles. The first kappa shape index (κ1) is 18.8. The van der Waals surface area contributed by atoms with Crippen LogP contribution in [0.4, 0.5) is 0 Å². The average molecular weight is 321 g/mol. The number of imidazole rings is 1. The number of nitrogens with zero attached hydrogens (tertiary/aromatic N) is 2. The zero-order valence-electron chi connectivity index (χ0n) is 14.9. The summed E-state index contributed by atoms with van der Waals surface area (Å²) in [7, 11) is 0. The highest BCUT2D eigenvalue weighted by Crippen LogP contribution is 2.47. The number of para-hydroxylation sites is 2. The predicted molar refractivity (Wildman–Crippen MR) is 99.3 cm³/mol. The Morgan fingerprint density at radius 1 is 1.14 bits per heavy atom. The molecule has 0 fully saturated rings. The normalized spacial score (nSPS) is 18.9. The number of benzene rings is 1. The van der Waals surface area contributed by atoms with Crippen LogP contribution in [0.5, 0.6) is 0 Å². The number of hydrogen-bond acceptors (Lipinski definition) is 1. The SMILES string of the molecule is CC.CC.CC1CC=C(n2c(Cl)nc3ccccc32)C1(C)C. The minimum absolute atomic E-state index is 0.132. The molecule has 3 heteroatoms. The Bertz CT molecular complexity index is 638. The Kier molecular flexibility index (Phi) is 6.67. The van der Waals surface area contributed by atoms with Crippen molar-refractivity contribution < 1.29 is 0 Å². The quantitative estimate of drug-likeness (QED) is 0.575. The molecule has 1 aliphatic rings. The molecule has 0 bridgehead atoms. The summed E-state index contributed by atoms with van der Waals surface area (Å²) in [6.45, 7) is 14.8. The zero-order valence-corrected chi connectivity index (χ0v) is 15.7. The van der Waals surface area contributed by atoms with Gasteiger partial charge in [0.2, 0.25) is 5.28 Å². The van der Waals surface area contributed by atoms with Gasteiger partial charge in [0, 0.05) is 11.1 Å². The second-order valence-electron chi connectivity index (χ2n) is 5.65. The van der Waals surface area contributed by atoms with Crippen molar-refractivity contribution in [3.63, 3.8) is 0 Å². The van der Waals surface area contributed by atoms with Gasteiger partial charge < -0.3 is 0 Å². The number of aromatic nitrogens is 2. The van der Waals surface area contributed by atoms with Crippen LogP contribution >= 0.6 is 11.6 Å². The van der Waals surface area contributed by atoms with Crippen LogP contribution in [0.3, 0.4) is 0 Å². The third kappa shape index (κ3) is 3.22. The lowest BCUT2D eigenvalue weighted by atomic mass is 9.81. The molecule has 22 heavy (non-hydrogen) atoms. The molecule has 1 unspecified atom stereocenters. The molecule has 0 spiro atoms. The van der Waals surface area contributed by atoms with Crippen molar-refractivity contribution in [1.82, 2.24) is 9.55 Å². The highest BCUT2D eigenvalue weighted by Gasteiger charge is 2.36. The van der Waals surface area contributed by atoms with Gasteiger partial charge in [-0.2, -0.15) is 0 Å². The fraction of sp³-hybridized carbons (Fsp3) is 0.526. The van der Waals surface area contributed by atoms with Gasteiger partial charge in [-0.3, -0.25) is 4.57 Å². The minimum atomic E-state index is 0.132. The molecule has 0 saturated heterocycles. The Labute approximate surface area is 140 Å². The van der Waals surface area contributed by atoms with Crippen molar-refractivity contribution in [1.29, 1.82) is 0 Å². The maximum atomic E-state index is 6.33. The van der Waals surface area contributed by atoms with Gasteiger partial charge in [0.05, 0.1) is 11.0 Å². The maximum Gasteiger partial charge on any atom is 0.208 e. The Hall–Kier alpha value is -1.28. The fourth-order valence-electron chi connectivity index (χ4n) is 2.70. The van der Waals surface area contributed by atoms with Crippen LogP contribution in [-0.4, -0.2) is 9.55 Å². The minimum Gasteiger partial charge on any atom is -0.287 e. The largest absolute Gasteiger partial charge is 0.287 e. The van der Waals surface area contributed by atoms with Crippen molar-refractivity contribution in [2.24, 2.45) is 11.3 Å². The summed E-state index contributed by atoms with van der Waals surface area (Å²) in [6.07, 6.45) is 3.40. The average Bonchev–Trinajstić information content (AvgIpc) is 3.00. The summed E-state index contributed by atoms with van der Waals surface area (Å²) in [5.41, 5.74) is 3.45. The molecule has 1 heterocycles. The summed E-state index contributed by atoms with van der Waals surface area (Å²) in [5, 5.41) is 0.560. The molecule has 0 N–H and O–H groups in total. The zero-order chi connectivity index (χ0) is 16.9. The highest BCUT2D eigenvalue weighted by molar-refractivity contribution is 6.29. The van der Waals surface area contributed by atoms with Crippen molar-refractivity contribution in [2.75, 3.05) is 0 Å². The molecule has 1 atom stereocenters. The number of fused-ring (bicyclic) bond motifs is 1. The fourth-order valence-corrected chi connectivity index (χ4v) is 2.98. The van der Waals surface area contributed by atoms with Gasteiger partial charge in [0.25, 0.3) is 0 Å². The summed E-state index contributed by atoms with van der Waals surface area (Å²) in [6, 6.07) is 8.10. The van der Waals surface area contributed by atoms with Crippen molar-refractivity contribution in [3.05, 3.63) is 35.6 Å². The van der Waals surface area contributed by atoms with Gasteiger partial charge >= 0.3 is 0 Å². The molecular formula is C19H29ClN2. The first-order valence-electron chi connectivity index (χ1n) is 8.36. The van der Waals surface area contributed by atoms with E-state index in [0.29, 0.717) is 11.2 Å². The molecule has 1 aromatic carbocycles. The Morgan fingerprint density at radius 2 is 1.73 bits per heavy atom. The molecule has 2 nitrogen and oxygen atoms in total. The van der Waals surface area contributed by atoms with E-state index in [9.17, 15) is 0 Å². The van der Waals surface area contributed by atoms with Crippen LogP contribution in [0, 0.1) is 11.3 Å². The second-order valence-corrected chi connectivity index (χ2v) is 5.99. The molecule has 0 aliphatic heterocycles. The third-order valence-electron chi connectivity index (χ3n) is 4.32. The summed E-state index contributed by atoms with van der Waals surface area (Å²) >= 11 is 6.33. The molecule has 122 valence electrons. The standard InChI is InChI=1S/C15H17ClN2.2C2H6/c1-10-8-9-13(15(10,2)3)18-12-7-5-4-6-11(12)17-14(18)16;2*1-2/h4-7,9-10H,8H2,1-3H3;2*1-2H3. The molecule has 0 radical (unpaired) electrons. The lowest BCUT2D eigenvalue weighted by molar-refractivity contribution is 0.339. The van der Waals surface area contributed by atoms with Crippen molar-refractivity contribution in [3.8, 4) is 0 Å². The van der Waals surface area contributed by atoms with Gasteiger partial charge in [-0.05, 0) is 36.1 Å². The monoisotopic (exact) mass is 320 g/mol.